The van der Waals surface area contributed by atoms with Gasteiger partial charge in [-0.1, -0.05) is 26.7 Å². The van der Waals surface area contributed by atoms with Gasteiger partial charge in [-0.25, -0.2) is 0 Å². The molecule has 0 amide bonds. The van der Waals surface area contributed by atoms with Crippen LogP contribution >= 0.6 is 0 Å². The van der Waals surface area contributed by atoms with Crippen LogP contribution in [-0.2, 0) is 4.79 Å². The van der Waals surface area contributed by atoms with Crippen molar-refractivity contribution in [2.24, 2.45) is 29.6 Å². The molecule has 0 N–H and O–H groups in total. The normalized spacial score (nSPS) is 48.3. The minimum atomic E-state index is 0.372. The highest BCUT2D eigenvalue weighted by molar-refractivity contribution is 5.55. The van der Waals surface area contributed by atoms with E-state index in [1.807, 2.05) is 0 Å². The predicted molar refractivity (Wildman–Crippen MR) is 57.9 cm³/mol. The van der Waals surface area contributed by atoms with Gasteiger partial charge in [0.25, 0.3) is 0 Å². The van der Waals surface area contributed by atoms with Gasteiger partial charge in [0.1, 0.15) is 6.29 Å². The lowest BCUT2D eigenvalue weighted by Gasteiger charge is -2.45. The molecule has 0 heterocycles. The van der Waals surface area contributed by atoms with E-state index in [-0.39, 0.29) is 0 Å². The molecule has 0 saturated heterocycles. The van der Waals surface area contributed by atoms with Crippen molar-refractivity contribution in [1.82, 2.24) is 0 Å². The summed E-state index contributed by atoms with van der Waals surface area (Å²) in [5, 5.41) is 0. The summed E-state index contributed by atoms with van der Waals surface area (Å²) < 4.78 is 0. The first-order valence-corrected chi connectivity index (χ1v) is 6.19. The number of aldehydes is 1. The van der Waals surface area contributed by atoms with E-state index in [0.29, 0.717) is 11.8 Å². The van der Waals surface area contributed by atoms with E-state index in [0.717, 1.165) is 17.8 Å². The zero-order valence-electron chi connectivity index (χ0n) is 9.41. The second-order valence-corrected chi connectivity index (χ2v) is 5.50. The second-order valence-electron chi connectivity index (χ2n) is 5.50. The molecule has 1 heteroatoms. The zero-order valence-corrected chi connectivity index (χ0v) is 9.41. The van der Waals surface area contributed by atoms with Crippen LogP contribution in [0.4, 0.5) is 0 Å². The van der Waals surface area contributed by atoms with Crippen molar-refractivity contribution in [2.75, 3.05) is 0 Å². The van der Waals surface area contributed by atoms with Gasteiger partial charge < -0.3 is 4.79 Å². The third kappa shape index (κ3) is 1.62. The lowest BCUT2D eigenvalue weighted by atomic mass is 9.59. The van der Waals surface area contributed by atoms with Crippen LogP contribution in [0.25, 0.3) is 0 Å². The minimum Gasteiger partial charge on any atom is -0.303 e. The molecule has 2 aliphatic carbocycles. The van der Waals surface area contributed by atoms with Crippen LogP contribution in [0.3, 0.4) is 0 Å². The van der Waals surface area contributed by atoms with Crippen molar-refractivity contribution in [3.05, 3.63) is 0 Å². The molecule has 0 aromatic heterocycles. The highest BCUT2D eigenvalue weighted by Gasteiger charge is 2.41. The maximum atomic E-state index is 11.1. The van der Waals surface area contributed by atoms with E-state index in [9.17, 15) is 4.79 Å². The summed E-state index contributed by atoms with van der Waals surface area (Å²) in [4.78, 5) is 11.1. The minimum absolute atomic E-state index is 0.372. The Morgan fingerprint density at radius 1 is 0.929 bits per heavy atom. The zero-order chi connectivity index (χ0) is 10.1. The quantitative estimate of drug-likeness (QED) is 0.585. The third-order valence-corrected chi connectivity index (χ3v) is 4.74. The van der Waals surface area contributed by atoms with E-state index in [4.69, 9.17) is 0 Å². The molecule has 0 bridgehead atoms. The molecule has 14 heavy (non-hydrogen) atoms. The fraction of sp³-hybridized carbons (Fsp3) is 0.923. The van der Waals surface area contributed by atoms with Crippen molar-refractivity contribution in [3.8, 4) is 0 Å². The van der Waals surface area contributed by atoms with E-state index in [2.05, 4.69) is 13.8 Å². The summed E-state index contributed by atoms with van der Waals surface area (Å²) in [6, 6.07) is 0. The van der Waals surface area contributed by atoms with Crippen molar-refractivity contribution in [2.45, 2.75) is 46.0 Å². The molecule has 80 valence electrons. The topological polar surface area (TPSA) is 17.1 Å². The largest absolute Gasteiger partial charge is 0.303 e. The summed E-state index contributed by atoms with van der Waals surface area (Å²) >= 11 is 0. The molecule has 0 spiro atoms. The Hall–Kier alpha value is -0.330. The van der Waals surface area contributed by atoms with Crippen LogP contribution in [0.5, 0.6) is 0 Å². The number of carbonyl (C=O) groups is 1. The summed E-state index contributed by atoms with van der Waals surface area (Å²) in [5.74, 6) is 3.45. The molecule has 0 aromatic rings. The number of carbonyl (C=O) groups excluding carboxylic acids is 1. The first-order chi connectivity index (χ1) is 6.74. The van der Waals surface area contributed by atoms with Crippen molar-refractivity contribution in [1.29, 1.82) is 0 Å². The van der Waals surface area contributed by atoms with E-state index in [1.54, 1.807) is 0 Å². The van der Waals surface area contributed by atoms with Crippen LogP contribution < -0.4 is 0 Å². The van der Waals surface area contributed by atoms with Crippen molar-refractivity contribution in [3.63, 3.8) is 0 Å². The summed E-state index contributed by atoms with van der Waals surface area (Å²) in [6.45, 7) is 4.64. The fourth-order valence-corrected chi connectivity index (χ4v) is 3.81. The fourth-order valence-electron chi connectivity index (χ4n) is 3.81. The molecule has 2 rings (SSSR count). The van der Waals surface area contributed by atoms with Crippen LogP contribution in [0.1, 0.15) is 46.0 Å². The predicted octanol–water partition coefficient (Wildman–Crippen LogP) is 3.28. The maximum absolute atomic E-state index is 11.1. The molecule has 0 aliphatic heterocycles. The second kappa shape index (κ2) is 4.04. The molecular formula is C13H22O. The van der Waals surface area contributed by atoms with Gasteiger partial charge in [-0.05, 0) is 42.9 Å². The van der Waals surface area contributed by atoms with Crippen LogP contribution in [-0.4, -0.2) is 6.29 Å². The summed E-state index contributed by atoms with van der Waals surface area (Å²) in [5.41, 5.74) is 0. The van der Waals surface area contributed by atoms with E-state index in [1.165, 1.54) is 38.4 Å². The lowest BCUT2D eigenvalue weighted by Crippen LogP contribution is -2.39. The van der Waals surface area contributed by atoms with Gasteiger partial charge in [-0.2, -0.15) is 0 Å². The molecule has 1 nitrogen and oxygen atoms in total. The molecular weight excluding hydrogens is 172 g/mol. The molecule has 2 aliphatic rings. The highest BCUT2D eigenvalue weighted by Crippen LogP contribution is 2.47. The first kappa shape index (κ1) is 10.2. The van der Waals surface area contributed by atoms with E-state index < -0.39 is 0 Å². The van der Waals surface area contributed by atoms with Gasteiger partial charge in [-0.3, -0.25) is 0 Å². The Morgan fingerprint density at radius 2 is 1.71 bits per heavy atom. The first-order valence-electron chi connectivity index (χ1n) is 6.19. The van der Waals surface area contributed by atoms with Gasteiger partial charge >= 0.3 is 0 Å². The summed E-state index contributed by atoms with van der Waals surface area (Å²) in [7, 11) is 0. The summed E-state index contributed by atoms with van der Waals surface area (Å²) in [6.07, 6.45) is 7.94. The Kier molecular flexibility index (Phi) is 2.94. The Morgan fingerprint density at radius 3 is 2.43 bits per heavy atom. The Balaban J connectivity index is 2.13. The number of hydrogen-bond acceptors (Lipinski definition) is 1. The average molecular weight is 194 g/mol. The Labute approximate surface area is 87.3 Å². The Bertz CT molecular complexity index is 211. The van der Waals surface area contributed by atoms with Gasteiger partial charge in [0.2, 0.25) is 0 Å². The molecule has 2 saturated carbocycles. The van der Waals surface area contributed by atoms with Gasteiger partial charge in [0.15, 0.2) is 0 Å². The maximum Gasteiger partial charge on any atom is 0.123 e. The molecule has 5 unspecified atom stereocenters. The molecule has 5 atom stereocenters. The SMILES string of the molecule is CC1CCC2C(C)CCCC2C1C=O. The average Bonchev–Trinajstić information content (AvgIpc) is 2.18. The van der Waals surface area contributed by atoms with Crippen molar-refractivity contribution < 1.29 is 4.79 Å². The molecule has 2 fully saturated rings. The van der Waals surface area contributed by atoms with Crippen LogP contribution in [0.2, 0.25) is 0 Å². The molecule has 0 radical (unpaired) electrons. The smallest absolute Gasteiger partial charge is 0.123 e. The van der Waals surface area contributed by atoms with E-state index >= 15 is 0 Å². The van der Waals surface area contributed by atoms with Gasteiger partial charge in [0, 0.05) is 5.92 Å². The highest BCUT2D eigenvalue weighted by atomic mass is 16.1. The lowest BCUT2D eigenvalue weighted by molar-refractivity contribution is -0.118. The van der Waals surface area contributed by atoms with Gasteiger partial charge in [-0.15, -0.1) is 0 Å². The van der Waals surface area contributed by atoms with Crippen LogP contribution in [0, 0.1) is 29.6 Å². The van der Waals surface area contributed by atoms with Crippen molar-refractivity contribution >= 4 is 6.29 Å². The molecule has 0 aromatic carbocycles. The third-order valence-electron chi connectivity index (χ3n) is 4.74. The standard InChI is InChI=1S/C13H22O/c1-9-4-3-5-12-11(9)7-6-10(2)13(12)8-14/h8-13H,3-7H2,1-2H3. The van der Waals surface area contributed by atoms with Crippen LogP contribution in [0.15, 0.2) is 0 Å². The monoisotopic (exact) mass is 194 g/mol. The van der Waals surface area contributed by atoms with Gasteiger partial charge in [0.05, 0.1) is 0 Å². The number of fused-ring (bicyclic) bond motifs is 1. The number of rotatable bonds is 1. The number of hydrogen-bond donors (Lipinski definition) is 0.